The monoisotopic (exact) mass is 388 g/mol. The van der Waals surface area contributed by atoms with Gasteiger partial charge in [-0.3, -0.25) is 0 Å². The smallest absolute Gasteiger partial charge is 0.343 e. The lowest BCUT2D eigenvalue weighted by atomic mass is 10.1. The van der Waals surface area contributed by atoms with Gasteiger partial charge in [0.05, 0.1) is 17.7 Å². The third-order valence-electron chi connectivity index (χ3n) is 4.24. The average Bonchev–Trinajstić information content (AvgIpc) is 2.67. The van der Waals surface area contributed by atoms with Gasteiger partial charge in [-0.2, -0.15) is 0 Å². The quantitative estimate of drug-likeness (QED) is 0.313. The van der Waals surface area contributed by atoms with E-state index in [0.29, 0.717) is 12.4 Å². The molecule has 0 amide bonds. The summed E-state index contributed by atoms with van der Waals surface area (Å²) < 4.78 is 24.4. The van der Waals surface area contributed by atoms with Crippen LogP contribution in [0.5, 0.6) is 11.5 Å². The van der Waals surface area contributed by atoms with Gasteiger partial charge >= 0.3 is 11.9 Å². The number of aromatic carboxylic acids is 1. The van der Waals surface area contributed by atoms with E-state index in [1.165, 1.54) is 31.7 Å². The highest BCUT2D eigenvalue weighted by Crippen LogP contribution is 2.19. The molecule has 150 valence electrons. The summed E-state index contributed by atoms with van der Waals surface area (Å²) in [6, 6.07) is 9.67. The van der Waals surface area contributed by atoms with E-state index < -0.39 is 23.3 Å². The Bertz CT molecular complexity index is 786. The highest BCUT2D eigenvalue weighted by Gasteiger charge is 2.14. The minimum absolute atomic E-state index is 0.0594. The molecular weight excluding hydrogens is 363 g/mol. The first-order valence-electron chi connectivity index (χ1n) is 9.49. The van der Waals surface area contributed by atoms with Gasteiger partial charge in [0, 0.05) is 6.07 Å². The van der Waals surface area contributed by atoms with Gasteiger partial charge in [0.15, 0.2) is 0 Å². The van der Waals surface area contributed by atoms with E-state index in [9.17, 15) is 14.0 Å². The zero-order chi connectivity index (χ0) is 20.4. The van der Waals surface area contributed by atoms with Gasteiger partial charge in [0.1, 0.15) is 17.3 Å². The molecule has 2 rings (SSSR count). The number of hydrogen-bond acceptors (Lipinski definition) is 4. The summed E-state index contributed by atoms with van der Waals surface area (Å²) in [6.45, 7) is 2.82. The molecule has 5 nitrogen and oxygen atoms in total. The molecule has 0 radical (unpaired) electrons. The molecule has 0 aliphatic rings. The van der Waals surface area contributed by atoms with E-state index in [-0.39, 0.29) is 11.3 Å². The minimum Gasteiger partial charge on any atom is -0.494 e. The highest BCUT2D eigenvalue weighted by molar-refractivity contribution is 5.91. The van der Waals surface area contributed by atoms with E-state index in [4.69, 9.17) is 14.6 Å². The number of carboxylic acids is 1. The Morgan fingerprint density at radius 2 is 1.57 bits per heavy atom. The maximum Gasteiger partial charge on any atom is 0.343 e. The Morgan fingerprint density at radius 1 is 0.929 bits per heavy atom. The first-order valence-corrected chi connectivity index (χ1v) is 9.49. The highest BCUT2D eigenvalue weighted by atomic mass is 19.1. The van der Waals surface area contributed by atoms with Crippen molar-refractivity contribution in [2.45, 2.75) is 45.4 Å². The van der Waals surface area contributed by atoms with Crippen molar-refractivity contribution in [2.75, 3.05) is 6.61 Å². The molecule has 2 aromatic rings. The van der Waals surface area contributed by atoms with Crippen LogP contribution in [0.4, 0.5) is 4.39 Å². The van der Waals surface area contributed by atoms with E-state index in [2.05, 4.69) is 6.92 Å². The van der Waals surface area contributed by atoms with Gasteiger partial charge in [-0.15, -0.1) is 0 Å². The fourth-order valence-corrected chi connectivity index (χ4v) is 2.66. The predicted molar refractivity (Wildman–Crippen MR) is 104 cm³/mol. The molecule has 0 heterocycles. The van der Waals surface area contributed by atoms with Gasteiger partial charge in [-0.05, 0) is 42.8 Å². The number of hydrogen-bond donors (Lipinski definition) is 1. The Balaban J connectivity index is 1.81. The maximum absolute atomic E-state index is 13.7. The number of carboxylic acid groups (broad SMARTS) is 1. The van der Waals surface area contributed by atoms with E-state index >= 15 is 0 Å². The summed E-state index contributed by atoms with van der Waals surface area (Å²) in [7, 11) is 0. The van der Waals surface area contributed by atoms with Crippen LogP contribution in [-0.4, -0.2) is 23.7 Å². The first kappa shape index (κ1) is 21.4. The summed E-state index contributed by atoms with van der Waals surface area (Å²) in [5.74, 6) is -2.40. The van der Waals surface area contributed by atoms with E-state index in [1.54, 1.807) is 24.3 Å². The van der Waals surface area contributed by atoms with Crippen molar-refractivity contribution < 1.29 is 28.6 Å². The van der Waals surface area contributed by atoms with Crippen molar-refractivity contribution in [2.24, 2.45) is 0 Å². The van der Waals surface area contributed by atoms with Crippen molar-refractivity contribution in [1.29, 1.82) is 0 Å². The van der Waals surface area contributed by atoms with Gasteiger partial charge in [-0.25, -0.2) is 14.0 Å². The number of unbranched alkanes of at least 4 members (excludes halogenated alkanes) is 5. The first-order chi connectivity index (χ1) is 13.5. The number of rotatable bonds is 11. The standard InChI is InChI=1S/C22H25FO5/c1-2-3-4-5-6-7-14-27-17-10-8-16(9-11-17)22(26)28-18-12-13-19(21(24)25)20(23)15-18/h8-13,15H,2-7,14H2,1H3,(H,24,25). The van der Waals surface area contributed by atoms with E-state index in [1.807, 2.05) is 0 Å². The topological polar surface area (TPSA) is 72.8 Å². The molecule has 0 unspecified atom stereocenters. The lowest BCUT2D eigenvalue weighted by Gasteiger charge is -2.08. The van der Waals surface area contributed by atoms with Gasteiger partial charge in [0.2, 0.25) is 0 Å². The summed E-state index contributed by atoms with van der Waals surface area (Å²) in [5, 5.41) is 8.81. The predicted octanol–water partition coefficient (Wildman–Crippen LogP) is 5.48. The van der Waals surface area contributed by atoms with Crippen LogP contribution >= 0.6 is 0 Å². The van der Waals surface area contributed by atoms with Crippen molar-refractivity contribution >= 4 is 11.9 Å². The number of carbonyl (C=O) groups is 2. The third-order valence-corrected chi connectivity index (χ3v) is 4.24. The number of halogens is 1. The van der Waals surface area contributed by atoms with Crippen molar-refractivity contribution in [3.05, 3.63) is 59.4 Å². The van der Waals surface area contributed by atoms with Gasteiger partial charge < -0.3 is 14.6 Å². The molecule has 0 atom stereocenters. The molecule has 2 aromatic carbocycles. The van der Waals surface area contributed by atoms with Gasteiger partial charge in [-0.1, -0.05) is 39.0 Å². The largest absolute Gasteiger partial charge is 0.494 e. The zero-order valence-electron chi connectivity index (χ0n) is 15.9. The van der Waals surface area contributed by atoms with Gasteiger partial charge in [0.25, 0.3) is 0 Å². The normalized spacial score (nSPS) is 10.5. The molecule has 0 aliphatic heterocycles. The number of benzene rings is 2. The van der Waals surface area contributed by atoms with Crippen LogP contribution in [0.15, 0.2) is 42.5 Å². The third kappa shape index (κ3) is 6.68. The summed E-state index contributed by atoms with van der Waals surface area (Å²) in [6.07, 6.45) is 7.11. The zero-order valence-corrected chi connectivity index (χ0v) is 15.9. The Labute approximate surface area is 164 Å². The Kier molecular flexibility index (Phi) is 8.46. The molecule has 28 heavy (non-hydrogen) atoms. The number of ether oxygens (including phenoxy) is 2. The van der Waals surface area contributed by atoms with Crippen molar-refractivity contribution in [1.82, 2.24) is 0 Å². The van der Waals surface area contributed by atoms with Crippen LogP contribution in [0.1, 0.15) is 66.2 Å². The van der Waals surface area contributed by atoms with Crippen LogP contribution in [0.25, 0.3) is 0 Å². The van der Waals surface area contributed by atoms with Crippen molar-refractivity contribution in [3.8, 4) is 11.5 Å². The minimum atomic E-state index is -1.38. The molecular formula is C22H25FO5. The maximum atomic E-state index is 13.7. The molecule has 0 aromatic heterocycles. The van der Waals surface area contributed by atoms with Crippen LogP contribution in [0, 0.1) is 5.82 Å². The molecule has 0 bridgehead atoms. The number of carbonyl (C=O) groups excluding carboxylic acids is 1. The fourth-order valence-electron chi connectivity index (χ4n) is 2.66. The summed E-state index contributed by atoms with van der Waals surface area (Å²) in [5.41, 5.74) is -0.193. The van der Waals surface area contributed by atoms with E-state index in [0.717, 1.165) is 25.0 Å². The van der Waals surface area contributed by atoms with Crippen molar-refractivity contribution in [3.63, 3.8) is 0 Å². The lowest BCUT2D eigenvalue weighted by molar-refractivity contribution is 0.0691. The second-order valence-electron chi connectivity index (χ2n) is 6.48. The molecule has 6 heteroatoms. The second kappa shape index (κ2) is 11.1. The SMILES string of the molecule is CCCCCCCCOc1ccc(C(=O)Oc2ccc(C(=O)O)c(F)c2)cc1. The fraction of sp³-hybridized carbons (Fsp3) is 0.364. The molecule has 1 N–H and O–H groups in total. The van der Waals surface area contributed by atoms with Crippen LogP contribution in [0.3, 0.4) is 0 Å². The Morgan fingerprint density at radius 3 is 2.21 bits per heavy atom. The molecule has 0 fully saturated rings. The molecule has 0 spiro atoms. The van der Waals surface area contributed by atoms with Crippen LogP contribution < -0.4 is 9.47 Å². The van der Waals surface area contributed by atoms with Crippen LogP contribution in [-0.2, 0) is 0 Å². The second-order valence-corrected chi connectivity index (χ2v) is 6.48. The lowest BCUT2D eigenvalue weighted by Crippen LogP contribution is -2.09. The number of esters is 1. The summed E-state index contributed by atoms with van der Waals surface area (Å²) in [4.78, 5) is 22.9. The Hall–Kier alpha value is -2.89. The summed E-state index contributed by atoms with van der Waals surface area (Å²) >= 11 is 0. The molecule has 0 saturated heterocycles. The molecule has 0 aliphatic carbocycles. The average molecular weight is 388 g/mol. The molecule has 0 saturated carbocycles. The van der Waals surface area contributed by atoms with Crippen LogP contribution in [0.2, 0.25) is 0 Å².